The molecule has 1 heterocycles. The molecule has 1 saturated heterocycles. The first kappa shape index (κ1) is 8.08. The van der Waals surface area contributed by atoms with Crippen molar-refractivity contribution in [1.82, 2.24) is 0 Å². The Bertz CT molecular complexity index is 147. The molecule has 2 nitrogen and oxygen atoms in total. The maximum atomic E-state index is 10.8. The van der Waals surface area contributed by atoms with Gasteiger partial charge in [-0.05, 0) is 13.8 Å². The van der Waals surface area contributed by atoms with Gasteiger partial charge in [0.1, 0.15) is 10.7 Å². The third kappa shape index (κ3) is 1.73. The van der Waals surface area contributed by atoms with E-state index in [4.69, 9.17) is 4.74 Å². The molecule has 1 fully saturated rings. The van der Waals surface area contributed by atoms with Gasteiger partial charge in [0.25, 0.3) is 0 Å². The Kier molecular flexibility index (Phi) is 2.36. The number of carbonyl (C=O) groups excluding carboxylic acids is 1. The minimum absolute atomic E-state index is 0.216. The van der Waals surface area contributed by atoms with Crippen LogP contribution in [0.2, 0.25) is 0 Å². The first-order chi connectivity index (χ1) is 4.66. The molecule has 3 heteroatoms. The van der Waals surface area contributed by atoms with E-state index in [1.807, 2.05) is 13.8 Å². The molecule has 0 aromatic rings. The molecule has 58 valence electrons. The van der Waals surface area contributed by atoms with Gasteiger partial charge < -0.3 is 4.74 Å². The van der Waals surface area contributed by atoms with Crippen LogP contribution in [0.25, 0.3) is 0 Å². The molecule has 1 aliphatic rings. The van der Waals surface area contributed by atoms with E-state index in [1.54, 1.807) is 11.8 Å². The topological polar surface area (TPSA) is 26.3 Å². The first-order valence-corrected chi connectivity index (χ1v) is 4.44. The maximum Gasteiger partial charge on any atom is 0.146 e. The number of Topliss-reactive ketones (excluding diaryl/α,β-unsaturated/α-hetero) is 1. The summed E-state index contributed by atoms with van der Waals surface area (Å²) >= 11 is 1.61. The Morgan fingerprint density at radius 3 is 2.90 bits per heavy atom. The van der Waals surface area contributed by atoms with Gasteiger partial charge >= 0.3 is 0 Å². The summed E-state index contributed by atoms with van der Waals surface area (Å²) in [6.45, 7) is 4.62. The molecule has 0 saturated carbocycles. The molecule has 0 amide bonds. The standard InChI is InChI=1S/C7H12O2S/c1-3-9-7(2)4-6(8)5-10-7/h3-5H2,1-2H3. The fraction of sp³-hybridized carbons (Fsp3) is 0.857. The molecule has 0 aromatic carbocycles. The summed E-state index contributed by atoms with van der Waals surface area (Å²) in [6, 6.07) is 0. The molecule has 1 rings (SSSR count). The van der Waals surface area contributed by atoms with E-state index in [0.29, 0.717) is 24.6 Å². The Labute approximate surface area is 65.3 Å². The maximum absolute atomic E-state index is 10.8. The van der Waals surface area contributed by atoms with Gasteiger partial charge in [0.2, 0.25) is 0 Å². The largest absolute Gasteiger partial charge is 0.364 e. The van der Waals surface area contributed by atoms with Crippen molar-refractivity contribution < 1.29 is 9.53 Å². The van der Waals surface area contributed by atoms with Crippen molar-refractivity contribution >= 4 is 17.5 Å². The van der Waals surface area contributed by atoms with Crippen LogP contribution in [0.4, 0.5) is 0 Å². The Hall–Kier alpha value is -0.0200. The molecule has 0 spiro atoms. The zero-order chi connectivity index (χ0) is 7.61. The number of ether oxygens (including phenoxy) is 1. The molecule has 0 N–H and O–H groups in total. The monoisotopic (exact) mass is 160 g/mol. The molecular weight excluding hydrogens is 148 g/mol. The van der Waals surface area contributed by atoms with Crippen LogP contribution in [-0.2, 0) is 9.53 Å². The van der Waals surface area contributed by atoms with Crippen molar-refractivity contribution in [2.75, 3.05) is 12.4 Å². The summed E-state index contributed by atoms with van der Waals surface area (Å²) in [7, 11) is 0. The van der Waals surface area contributed by atoms with Gasteiger partial charge in [0.15, 0.2) is 0 Å². The zero-order valence-corrected chi connectivity index (χ0v) is 7.16. The highest BCUT2D eigenvalue weighted by Gasteiger charge is 2.35. The molecule has 1 unspecified atom stereocenters. The quantitative estimate of drug-likeness (QED) is 0.611. The van der Waals surface area contributed by atoms with Crippen LogP contribution in [0.5, 0.6) is 0 Å². The lowest BCUT2D eigenvalue weighted by molar-refractivity contribution is -0.118. The third-order valence-electron chi connectivity index (χ3n) is 1.51. The molecule has 1 atom stereocenters. The van der Waals surface area contributed by atoms with E-state index in [-0.39, 0.29) is 4.93 Å². The second-order valence-corrected chi connectivity index (χ2v) is 4.01. The van der Waals surface area contributed by atoms with Crippen LogP contribution in [0.1, 0.15) is 20.3 Å². The lowest BCUT2D eigenvalue weighted by Crippen LogP contribution is -2.21. The van der Waals surface area contributed by atoms with Crippen LogP contribution < -0.4 is 0 Å². The average molecular weight is 160 g/mol. The van der Waals surface area contributed by atoms with E-state index in [9.17, 15) is 4.79 Å². The molecular formula is C7H12O2S. The number of ketones is 1. The highest BCUT2D eigenvalue weighted by atomic mass is 32.2. The normalized spacial score (nSPS) is 33.2. The second-order valence-electron chi connectivity index (χ2n) is 2.57. The minimum Gasteiger partial charge on any atom is -0.364 e. The van der Waals surface area contributed by atoms with Gasteiger partial charge in [-0.2, -0.15) is 0 Å². The number of carbonyl (C=O) groups is 1. The highest BCUT2D eigenvalue weighted by Crippen LogP contribution is 2.36. The Morgan fingerprint density at radius 2 is 2.50 bits per heavy atom. The SMILES string of the molecule is CCOC1(C)CC(=O)CS1. The van der Waals surface area contributed by atoms with Crippen LogP contribution in [0.15, 0.2) is 0 Å². The summed E-state index contributed by atoms with van der Waals surface area (Å²) in [5.74, 6) is 0.928. The van der Waals surface area contributed by atoms with Crippen molar-refractivity contribution in [1.29, 1.82) is 0 Å². The minimum atomic E-state index is -0.216. The number of hydrogen-bond acceptors (Lipinski definition) is 3. The average Bonchev–Trinajstić information content (AvgIpc) is 2.12. The summed E-state index contributed by atoms with van der Waals surface area (Å²) in [4.78, 5) is 10.6. The van der Waals surface area contributed by atoms with Crippen LogP contribution in [0, 0.1) is 0 Å². The van der Waals surface area contributed by atoms with Crippen molar-refractivity contribution in [3.8, 4) is 0 Å². The summed E-state index contributed by atoms with van der Waals surface area (Å²) in [5.41, 5.74) is 0. The Balaban J connectivity index is 2.46. The molecule has 0 aliphatic carbocycles. The van der Waals surface area contributed by atoms with E-state index < -0.39 is 0 Å². The summed E-state index contributed by atoms with van der Waals surface area (Å²) < 4.78 is 5.40. The van der Waals surface area contributed by atoms with Crippen LogP contribution >= 0.6 is 11.8 Å². The van der Waals surface area contributed by atoms with E-state index in [1.165, 1.54) is 0 Å². The molecule has 10 heavy (non-hydrogen) atoms. The van der Waals surface area contributed by atoms with Gasteiger partial charge in [-0.15, -0.1) is 11.8 Å². The third-order valence-corrected chi connectivity index (χ3v) is 2.85. The fourth-order valence-corrected chi connectivity index (χ4v) is 2.12. The number of hydrogen-bond donors (Lipinski definition) is 0. The molecule has 1 aliphatic heterocycles. The fourth-order valence-electron chi connectivity index (χ4n) is 1.09. The predicted molar refractivity (Wildman–Crippen MR) is 42.1 cm³/mol. The van der Waals surface area contributed by atoms with E-state index in [0.717, 1.165) is 0 Å². The van der Waals surface area contributed by atoms with E-state index >= 15 is 0 Å². The van der Waals surface area contributed by atoms with Crippen molar-refractivity contribution in [2.45, 2.75) is 25.2 Å². The molecule has 0 radical (unpaired) electrons. The summed E-state index contributed by atoms with van der Waals surface area (Å²) in [5, 5.41) is 0. The Morgan fingerprint density at radius 1 is 1.80 bits per heavy atom. The number of thioether (sulfide) groups is 1. The van der Waals surface area contributed by atoms with Gasteiger partial charge in [0.05, 0.1) is 5.75 Å². The first-order valence-electron chi connectivity index (χ1n) is 3.46. The van der Waals surface area contributed by atoms with Gasteiger partial charge in [-0.25, -0.2) is 0 Å². The van der Waals surface area contributed by atoms with Crippen molar-refractivity contribution in [3.05, 3.63) is 0 Å². The smallest absolute Gasteiger partial charge is 0.146 e. The van der Waals surface area contributed by atoms with Crippen molar-refractivity contribution in [2.24, 2.45) is 0 Å². The lowest BCUT2D eigenvalue weighted by atomic mass is 10.2. The lowest BCUT2D eigenvalue weighted by Gasteiger charge is -2.20. The second kappa shape index (κ2) is 2.93. The van der Waals surface area contributed by atoms with Gasteiger partial charge in [-0.3, -0.25) is 4.79 Å². The van der Waals surface area contributed by atoms with Crippen molar-refractivity contribution in [3.63, 3.8) is 0 Å². The van der Waals surface area contributed by atoms with E-state index in [2.05, 4.69) is 0 Å². The van der Waals surface area contributed by atoms with Gasteiger partial charge in [-0.1, -0.05) is 0 Å². The van der Waals surface area contributed by atoms with Crippen LogP contribution in [-0.4, -0.2) is 23.1 Å². The van der Waals surface area contributed by atoms with Crippen LogP contribution in [0.3, 0.4) is 0 Å². The molecule has 0 aromatic heterocycles. The van der Waals surface area contributed by atoms with Gasteiger partial charge in [0, 0.05) is 13.0 Å². The zero-order valence-electron chi connectivity index (χ0n) is 6.35. The highest BCUT2D eigenvalue weighted by molar-refractivity contribution is 8.01. The predicted octanol–water partition coefficient (Wildman–Crippen LogP) is 1.45. The summed E-state index contributed by atoms with van der Waals surface area (Å²) in [6.07, 6.45) is 0.575. The number of rotatable bonds is 2. The molecule has 0 bridgehead atoms.